The van der Waals surface area contributed by atoms with Crippen LogP contribution in [0.15, 0.2) is 95.1 Å². The Morgan fingerprint density at radius 3 is 1.69 bits per heavy atom. The zero-order valence-electron chi connectivity index (χ0n) is 24.5. The number of ether oxygens (including phenoxy) is 1. The molecule has 0 radical (unpaired) electrons. The van der Waals surface area contributed by atoms with Crippen LogP contribution in [0.2, 0.25) is 0 Å². The fourth-order valence-corrected chi connectivity index (χ4v) is 6.15. The Balaban J connectivity index is 1.53. The molecule has 2 atom stereocenters. The normalized spacial score (nSPS) is 19.4. The Kier molecular flexibility index (Phi) is 7.11. The number of rotatable bonds is 7. The molecule has 7 nitrogen and oxygen atoms in total. The summed E-state index contributed by atoms with van der Waals surface area (Å²) < 4.78 is 6.21. The lowest BCUT2D eigenvalue weighted by Crippen LogP contribution is -2.40. The molecule has 7 heteroatoms. The van der Waals surface area contributed by atoms with Gasteiger partial charge in [0.15, 0.2) is 0 Å². The number of anilines is 2. The predicted molar refractivity (Wildman–Crippen MR) is 168 cm³/mol. The van der Waals surface area contributed by atoms with Crippen LogP contribution in [-0.2, 0) is 9.59 Å². The van der Waals surface area contributed by atoms with E-state index in [1.807, 2.05) is 120 Å². The fraction of sp³-hybridized carbons (Fsp3) is 0.257. The van der Waals surface area contributed by atoms with Gasteiger partial charge in [-0.1, -0.05) is 65.7 Å². The summed E-state index contributed by atoms with van der Waals surface area (Å²) >= 11 is 0. The number of hydrogen-bond acceptors (Lipinski definition) is 5. The van der Waals surface area contributed by atoms with Crippen molar-refractivity contribution in [3.8, 4) is 5.75 Å². The highest BCUT2D eigenvalue weighted by atomic mass is 16.5. The lowest BCUT2D eigenvalue weighted by molar-refractivity contribution is -0.122. The standard InChI is InChI=1S/C35H34N4O3/c1-6-42-29-20-15-25-9-7-8-10-28(25)32(29)33(30-23(4)36-38(34(30)40)26-16-11-21(2)12-17-26)31-24(5)37-39(35(31)41)27-18-13-22(3)14-19-27/h7-20,30-31,33H,6H2,1-5H3. The number of carbonyl (C=O) groups excluding carboxylic acids is 2. The molecule has 0 aliphatic carbocycles. The molecule has 2 heterocycles. The molecule has 42 heavy (non-hydrogen) atoms. The van der Waals surface area contributed by atoms with Crippen LogP contribution in [0.4, 0.5) is 11.4 Å². The average molecular weight is 559 g/mol. The molecule has 6 rings (SSSR count). The minimum absolute atomic E-state index is 0.175. The quantitative estimate of drug-likeness (QED) is 0.245. The van der Waals surface area contributed by atoms with Gasteiger partial charge in [0.1, 0.15) is 5.75 Å². The van der Waals surface area contributed by atoms with Gasteiger partial charge < -0.3 is 4.74 Å². The topological polar surface area (TPSA) is 74.6 Å². The summed E-state index contributed by atoms with van der Waals surface area (Å²) in [7, 11) is 0. The molecule has 0 bridgehead atoms. The van der Waals surface area contributed by atoms with E-state index in [1.54, 1.807) is 0 Å². The van der Waals surface area contributed by atoms with Crippen molar-refractivity contribution in [1.29, 1.82) is 0 Å². The van der Waals surface area contributed by atoms with Crippen LogP contribution in [0, 0.1) is 25.7 Å². The van der Waals surface area contributed by atoms with Crippen molar-refractivity contribution in [3.63, 3.8) is 0 Å². The maximum atomic E-state index is 14.4. The lowest BCUT2D eigenvalue weighted by atomic mass is 9.71. The second-order valence-corrected chi connectivity index (χ2v) is 11.1. The number of nitrogens with zero attached hydrogens (tertiary/aromatic N) is 4. The van der Waals surface area contributed by atoms with Crippen molar-refractivity contribution in [2.75, 3.05) is 16.6 Å². The Hall–Kier alpha value is -4.78. The molecule has 0 N–H and O–H groups in total. The van der Waals surface area contributed by atoms with Crippen LogP contribution in [0.5, 0.6) is 5.75 Å². The van der Waals surface area contributed by atoms with E-state index in [9.17, 15) is 9.59 Å². The summed E-state index contributed by atoms with van der Waals surface area (Å²) in [4.78, 5) is 28.8. The maximum absolute atomic E-state index is 14.4. The third-order valence-corrected chi connectivity index (χ3v) is 8.20. The van der Waals surface area contributed by atoms with E-state index in [2.05, 4.69) is 0 Å². The molecule has 0 saturated heterocycles. The van der Waals surface area contributed by atoms with Gasteiger partial charge in [0.05, 0.1) is 29.8 Å². The van der Waals surface area contributed by atoms with E-state index < -0.39 is 17.8 Å². The van der Waals surface area contributed by atoms with Gasteiger partial charge in [0.2, 0.25) is 0 Å². The van der Waals surface area contributed by atoms with E-state index >= 15 is 0 Å². The average Bonchev–Trinajstić information content (AvgIpc) is 3.45. The summed E-state index contributed by atoms with van der Waals surface area (Å²) in [6.07, 6.45) is 0. The SMILES string of the molecule is CCOc1ccc2ccccc2c1C(C1C(=O)N(c2ccc(C)cc2)N=C1C)C1C(=O)N(c2ccc(C)cc2)N=C1C. The first-order valence-corrected chi connectivity index (χ1v) is 14.3. The third-order valence-electron chi connectivity index (χ3n) is 8.20. The van der Waals surface area contributed by atoms with Crippen molar-refractivity contribution in [1.82, 2.24) is 0 Å². The van der Waals surface area contributed by atoms with Crippen molar-refractivity contribution in [3.05, 3.63) is 102 Å². The predicted octanol–water partition coefficient (Wildman–Crippen LogP) is 7.02. The minimum atomic E-state index is -0.701. The van der Waals surface area contributed by atoms with E-state index in [4.69, 9.17) is 14.9 Å². The van der Waals surface area contributed by atoms with Crippen molar-refractivity contribution >= 4 is 45.4 Å². The molecule has 0 fully saturated rings. The zero-order chi connectivity index (χ0) is 29.5. The molecule has 212 valence electrons. The van der Waals surface area contributed by atoms with Gasteiger partial charge in [-0.05, 0) is 75.7 Å². The Morgan fingerprint density at radius 2 is 1.19 bits per heavy atom. The molecule has 0 saturated carbocycles. The monoisotopic (exact) mass is 558 g/mol. The molecular formula is C35H34N4O3. The van der Waals surface area contributed by atoms with Crippen LogP contribution >= 0.6 is 0 Å². The number of hydrogen-bond donors (Lipinski definition) is 0. The molecular weight excluding hydrogens is 524 g/mol. The smallest absolute Gasteiger partial charge is 0.256 e. The van der Waals surface area contributed by atoms with Crippen molar-refractivity contribution in [2.24, 2.45) is 22.0 Å². The summed E-state index contributed by atoms with van der Waals surface area (Å²) in [6, 6.07) is 27.5. The van der Waals surface area contributed by atoms with Gasteiger partial charge >= 0.3 is 0 Å². The largest absolute Gasteiger partial charge is 0.494 e. The molecule has 2 aliphatic heterocycles. The second-order valence-electron chi connectivity index (χ2n) is 11.1. The Bertz CT molecular complexity index is 1660. The number of amides is 2. The number of aryl methyl sites for hydroxylation is 2. The number of hydrazone groups is 2. The maximum Gasteiger partial charge on any atom is 0.256 e. The van der Waals surface area contributed by atoms with Gasteiger partial charge in [-0.25, -0.2) is 10.0 Å². The summed E-state index contributed by atoms with van der Waals surface area (Å²) in [5.41, 5.74) is 5.70. The third kappa shape index (κ3) is 4.65. The molecule has 0 aromatic heterocycles. The Labute approximate surface area is 246 Å². The van der Waals surface area contributed by atoms with Crippen LogP contribution < -0.4 is 14.8 Å². The molecule has 0 spiro atoms. The lowest BCUT2D eigenvalue weighted by Gasteiger charge is -2.31. The molecule has 2 aliphatic rings. The number of carbonyl (C=O) groups is 2. The number of benzene rings is 4. The summed E-state index contributed by atoms with van der Waals surface area (Å²) in [6.45, 7) is 10.1. The highest BCUT2D eigenvalue weighted by molar-refractivity contribution is 6.20. The number of fused-ring (bicyclic) bond motifs is 1. The Morgan fingerprint density at radius 1 is 0.690 bits per heavy atom. The fourth-order valence-electron chi connectivity index (χ4n) is 6.15. The summed E-state index contributed by atoms with van der Waals surface area (Å²) in [5.74, 6) is -1.69. The van der Waals surface area contributed by atoms with Gasteiger partial charge in [-0.2, -0.15) is 10.2 Å². The van der Waals surface area contributed by atoms with Crippen molar-refractivity contribution < 1.29 is 14.3 Å². The van der Waals surface area contributed by atoms with E-state index in [0.717, 1.165) is 27.5 Å². The first kappa shape index (κ1) is 27.4. The van der Waals surface area contributed by atoms with Gasteiger partial charge in [-0.3, -0.25) is 9.59 Å². The van der Waals surface area contributed by atoms with Gasteiger partial charge in [-0.15, -0.1) is 0 Å². The zero-order valence-corrected chi connectivity index (χ0v) is 24.5. The van der Waals surface area contributed by atoms with E-state index in [-0.39, 0.29) is 11.8 Å². The van der Waals surface area contributed by atoms with Crippen LogP contribution in [-0.4, -0.2) is 29.8 Å². The molecule has 2 unspecified atom stereocenters. The van der Waals surface area contributed by atoms with Gasteiger partial charge in [0, 0.05) is 22.9 Å². The second kappa shape index (κ2) is 10.9. The van der Waals surface area contributed by atoms with Crippen LogP contribution in [0.1, 0.15) is 43.4 Å². The van der Waals surface area contributed by atoms with Crippen molar-refractivity contribution in [2.45, 2.75) is 40.5 Å². The minimum Gasteiger partial charge on any atom is -0.494 e. The van der Waals surface area contributed by atoms with Crippen LogP contribution in [0.3, 0.4) is 0 Å². The first-order valence-electron chi connectivity index (χ1n) is 14.3. The highest BCUT2D eigenvalue weighted by Crippen LogP contribution is 2.47. The summed E-state index contributed by atoms with van der Waals surface area (Å²) in [5, 5.41) is 14.4. The molecule has 4 aromatic carbocycles. The van der Waals surface area contributed by atoms with Crippen LogP contribution in [0.25, 0.3) is 10.8 Å². The van der Waals surface area contributed by atoms with E-state index in [1.165, 1.54) is 10.0 Å². The highest BCUT2D eigenvalue weighted by Gasteiger charge is 2.51. The van der Waals surface area contributed by atoms with Gasteiger partial charge in [0.25, 0.3) is 11.8 Å². The molecule has 4 aromatic rings. The van der Waals surface area contributed by atoms with E-state index in [0.29, 0.717) is 35.2 Å². The first-order chi connectivity index (χ1) is 20.3. The molecule has 2 amide bonds.